The summed E-state index contributed by atoms with van der Waals surface area (Å²) in [6.07, 6.45) is 4.62. The van der Waals surface area contributed by atoms with Gasteiger partial charge in [0.2, 0.25) is 0 Å². The summed E-state index contributed by atoms with van der Waals surface area (Å²) in [5, 5.41) is 9.37. The third kappa shape index (κ3) is 2.23. The van der Waals surface area contributed by atoms with E-state index in [0.29, 0.717) is 11.6 Å². The van der Waals surface area contributed by atoms with Crippen LogP contribution in [0.3, 0.4) is 0 Å². The third-order valence-electron chi connectivity index (χ3n) is 2.57. The Kier molecular flexibility index (Phi) is 3.33. The topological polar surface area (TPSA) is 63.3 Å². The lowest BCUT2D eigenvalue weighted by atomic mass is 9.76. The Morgan fingerprint density at radius 3 is 2.92 bits per heavy atom. The third-order valence-corrected chi connectivity index (χ3v) is 3.13. The molecule has 0 bridgehead atoms. The number of allylic oxidation sites excluding steroid dienone is 1. The minimum atomic E-state index is -0.834. The number of carbonyl (C=O) groups is 1. The molecule has 13 heavy (non-hydrogen) atoms. The molecule has 1 unspecified atom stereocenters. The quantitative estimate of drug-likeness (QED) is 0.734. The van der Waals surface area contributed by atoms with E-state index in [0.717, 1.165) is 19.3 Å². The van der Waals surface area contributed by atoms with E-state index in [1.54, 1.807) is 0 Å². The normalized spacial score (nSPS) is 28.3. The molecule has 3 N–H and O–H groups in total. The van der Waals surface area contributed by atoms with E-state index in [-0.39, 0.29) is 6.42 Å². The highest BCUT2D eigenvalue weighted by molar-refractivity contribution is 6.30. The molecule has 0 aliphatic heterocycles. The van der Waals surface area contributed by atoms with E-state index >= 15 is 0 Å². The molecule has 1 atom stereocenters. The van der Waals surface area contributed by atoms with Gasteiger partial charge in [-0.2, -0.15) is 0 Å². The van der Waals surface area contributed by atoms with Gasteiger partial charge in [-0.05, 0) is 19.3 Å². The second-order valence-corrected chi connectivity index (χ2v) is 3.91. The number of aliphatic carboxylic acids is 1. The van der Waals surface area contributed by atoms with Crippen molar-refractivity contribution >= 4 is 17.6 Å². The molecule has 0 saturated heterocycles. The van der Waals surface area contributed by atoms with Crippen LogP contribution in [0.15, 0.2) is 11.1 Å². The van der Waals surface area contributed by atoms with Crippen molar-refractivity contribution in [2.45, 2.75) is 25.7 Å². The molecule has 3 nitrogen and oxygen atoms in total. The molecule has 1 aliphatic carbocycles. The maximum absolute atomic E-state index is 10.6. The van der Waals surface area contributed by atoms with Gasteiger partial charge >= 0.3 is 5.97 Å². The lowest BCUT2D eigenvalue weighted by Crippen LogP contribution is -2.35. The van der Waals surface area contributed by atoms with Gasteiger partial charge in [0.1, 0.15) is 0 Å². The van der Waals surface area contributed by atoms with E-state index < -0.39 is 11.4 Å². The van der Waals surface area contributed by atoms with Crippen LogP contribution in [-0.2, 0) is 4.79 Å². The van der Waals surface area contributed by atoms with Crippen molar-refractivity contribution in [1.29, 1.82) is 0 Å². The van der Waals surface area contributed by atoms with E-state index in [4.69, 9.17) is 22.4 Å². The van der Waals surface area contributed by atoms with Crippen molar-refractivity contribution in [3.8, 4) is 0 Å². The molecule has 1 rings (SSSR count). The smallest absolute Gasteiger partial charge is 0.304 e. The van der Waals surface area contributed by atoms with Crippen molar-refractivity contribution in [3.63, 3.8) is 0 Å². The van der Waals surface area contributed by atoms with Gasteiger partial charge in [-0.3, -0.25) is 4.79 Å². The first kappa shape index (κ1) is 10.5. The molecule has 1 aliphatic rings. The molecule has 0 amide bonds. The van der Waals surface area contributed by atoms with Gasteiger partial charge < -0.3 is 10.8 Å². The fourth-order valence-corrected chi connectivity index (χ4v) is 2.09. The van der Waals surface area contributed by atoms with Crippen LogP contribution in [0.5, 0.6) is 0 Å². The molecular weight excluding hydrogens is 190 g/mol. The zero-order chi connectivity index (χ0) is 9.90. The number of carboxylic acids is 1. The average Bonchev–Trinajstić information content (AvgIpc) is 2.08. The summed E-state index contributed by atoms with van der Waals surface area (Å²) in [6, 6.07) is 0. The van der Waals surface area contributed by atoms with Gasteiger partial charge in [0, 0.05) is 17.0 Å². The van der Waals surface area contributed by atoms with E-state index in [1.165, 1.54) is 0 Å². The predicted octanol–water partition coefficient (Wildman–Crippen LogP) is 1.71. The van der Waals surface area contributed by atoms with Crippen LogP contribution in [0.25, 0.3) is 0 Å². The Balaban J connectivity index is 2.83. The van der Waals surface area contributed by atoms with Crippen molar-refractivity contribution in [3.05, 3.63) is 11.1 Å². The maximum atomic E-state index is 10.6. The summed E-state index contributed by atoms with van der Waals surface area (Å²) in [5.74, 6) is -0.834. The first-order valence-corrected chi connectivity index (χ1v) is 4.76. The van der Waals surface area contributed by atoms with Crippen molar-refractivity contribution in [2.24, 2.45) is 11.1 Å². The van der Waals surface area contributed by atoms with Crippen molar-refractivity contribution in [1.82, 2.24) is 0 Å². The first-order chi connectivity index (χ1) is 6.10. The van der Waals surface area contributed by atoms with Crippen LogP contribution >= 0.6 is 11.6 Å². The Hall–Kier alpha value is -0.540. The summed E-state index contributed by atoms with van der Waals surface area (Å²) in [4.78, 5) is 10.6. The van der Waals surface area contributed by atoms with Gasteiger partial charge in [-0.25, -0.2) is 0 Å². The standard InChI is InChI=1S/C9H14ClNO2/c10-7-3-1-2-4-9(7,6-11)5-8(12)13/h3H,1-2,4-6,11H2,(H,12,13). The van der Waals surface area contributed by atoms with Crippen LogP contribution in [0.2, 0.25) is 0 Å². The molecule has 0 saturated carbocycles. The fraction of sp³-hybridized carbons (Fsp3) is 0.667. The second-order valence-electron chi connectivity index (χ2n) is 3.50. The molecule has 0 fully saturated rings. The van der Waals surface area contributed by atoms with E-state index in [9.17, 15) is 4.79 Å². The van der Waals surface area contributed by atoms with Gasteiger partial charge in [0.25, 0.3) is 0 Å². The van der Waals surface area contributed by atoms with Crippen LogP contribution in [0, 0.1) is 5.41 Å². The lowest BCUT2D eigenvalue weighted by Gasteiger charge is -2.33. The van der Waals surface area contributed by atoms with Crippen LogP contribution in [0.1, 0.15) is 25.7 Å². The summed E-state index contributed by atoms with van der Waals surface area (Å²) in [5.41, 5.74) is 5.09. The molecular formula is C9H14ClNO2. The molecule has 4 heteroatoms. The Labute approximate surface area is 82.6 Å². The minimum absolute atomic E-state index is 0.0405. The van der Waals surface area contributed by atoms with Crippen molar-refractivity contribution < 1.29 is 9.90 Å². The number of rotatable bonds is 3. The van der Waals surface area contributed by atoms with Crippen molar-refractivity contribution in [2.75, 3.05) is 6.54 Å². The summed E-state index contributed by atoms with van der Waals surface area (Å²) >= 11 is 6.00. The van der Waals surface area contributed by atoms with Crippen LogP contribution < -0.4 is 5.73 Å². The molecule has 74 valence electrons. The summed E-state index contributed by atoms with van der Waals surface area (Å²) < 4.78 is 0. The van der Waals surface area contributed by atoms with Gasteiger partial charge in [0.15, 0.2) is 0 Å². The second kappa shape index (κ2) is 4.11. The Morgan fingerprint density at radius 2 is 2.46 bits per heavy atom. The summed E-state index contributed by atoms with van der Waals surface area (Å²) in [7, 11) is 0. The van der Waals surface area contributed by atoms with Gasteiger partial charge in [0.05, 0.1) is 6.42 Å². The fourth-order valence-electron chi connectivity index (χ4n) is 1.74. The number of hydrogen-bond acceptors (Lipinski definition) is 2. The zero-order valence-electron chi connectivity index (χ0n) is 7.42. The van der Waals surface area contributed by atoms with E-state index in [1.807, 2.05) is 6.08 Å². The number of carboxylic acid groups (broad SMARTS) is 1. The molecule has 0 aromatic heterocycles. The highest BCUT2D eigenvalue weighted by atomic mass is 35.5. The number of nitrogens with two attached hydrogens (primary N) is 1. The SMILES string of the molecule is NCC1(CC(=O)O)CCCC=C1Cl. The monoisotopic (exact) mass is 203 g/mol. The van der Waals surface area contributed by atoms with Gasteiger partial charge in [-0.1, -0.05) is 17.7 Å². The zero-order valence-corrected chi connectivity index (χ0v) is 8.18. The number of halogens is 1. The maximum Gasteiger partial charge on any atom is 0.304 e. The lowest BCUT2D eigenvalue weighted by molar-refractivity contribution is -0.139. The molecule has 0 aromatic carbocycles. The van der Waals surface area contributed by atoms with Gasteiger partial charge in [-0.15, -0.1) is 0 Å². The van der Waals surface area contributed by atoms with Crippen LogP contribution in [0.4, 0.5) is 0 Å². The summed E-state index contributed by atoms with van der Waals surface area (Å²) in [6.45, 7) is 0.314. The molecule has 0 radical (unpaired) electrons. The Bertz CT molecular complexity index is 240. The molecule has 0 heterocycles. The van der Waals surface area contributed by atoms with E-state index in [2.05, 4.69) is 0 Å². The minimum Gasteiger partial charge on any atom is -0.481 e. The average molecular weight is 204 g/mol. The first-order valence-electron chi connectivity index (χ1n) is 4.39. The Morgan fingerprint density at radius 1 is 1.77 bits per heavy atom. The molecule has 0 aromatic rings. The highest BCUT2D eigenvalue weighted by Crippen LogP contribution is 2.41. The number of hydrogen-bond donors (Lipinski definition) is 2. The largest absolute Gasteiger partial charge is 0.481 e. The predicted molar refractivity (Wildman–Crippen MR) is 51.5 cm³/mol. The molecule has 0 spiro atoms. The van der Waals surface area contributed by atoms with Crippen LogP contribution in [-0.4, -0.2) is 17.6 Å². The highest BCUT2D eigenvalue weighted by Gasteiger charge is 2.35.